The van der Waals surface area contributed by atoms with Crippen LogP contribution in [0.5, 0.6) is 0 Å². The van der Waals surface area contributed by atoms with Crippen LogP contribution in [0.2, 0.25) is 0 Å². The second kappa shape index (κ2) is 5.44. The van der Waals surface area contributed by atoms with Crippen molar-refractivity contribution >= 4 is 11.8 Å². The van der Waals surface area contributed by atoms with Crippen LogP contribution >= 0.6 is 0 Å². The van der Waals surface area contributed by atoms with Crippen molar-refractivity contribution in [3.8, 4) is 0 Å². The van der Waals surface area contributed by atoms with Crippen molar-refractivity contribution in [1.29, 1.82) is 0 Å². The topological polar surface area (TPSA) is 62.6 Å². The summed E-state index contributed by atoms with van der Waals surface area (Å²) in [7, 11) is 1.59. The van der Waals surface area contributed by atoms with Crippen molar-refractivity contribution in [2.45, 2.75) is 19.0 Å². The minimum atomic E-state index is -0.493. The van der Waals surface area contributed by atoms with E-state index in [1.54, 1.807) is 18.0 Å². The Morgan fingerprint density at radius 2 is 2.00 bits per heavy atom. The van der Waals surface area contributed by atoms with Gasteiger partial charge in [0.05, 0.1) is 11.8 Å². The number of likely N-dealkylation sites (N-methyl/N-ethyl adjacent to an activating group) is 1. The Morgan fingerprint density at radius 3 is 2.67 bits per heavy atom. The number of nitrogens with zero attached hydrogens (tertiary/aromatic N) is 1. The molecule has 0 saturated carbocycles. The summed E-state index contributed by atoms with van der Waals surface area (Å²) in [6.07, 6.45) is 3.39. The van der Waals surface area contributed by atoms with Crippen LogP contribution in [0, 0.1) is 0 Å². The molecule has 0 spiro atoms. The fraction of sp³-hybridized carbons (Fsp3) is 0.250. The predicted octanol–water partition coefficient (Wildman–Crippen LogP) is 1.59. The molecule has 1 aliphatic heterocycles. The van der Waals surface area contributed by atoms with E-state index in [4.69, 9.17) is 4.42 Å². The van der Waals surface area contributed by atoms with Gasteiger partial charge in [-0.25, -0.2) is 0 Å². The first-order chi connectivity index (χ1) is 10.2. The van der Waals surface area contributed by atoms with Crippen LogP contribution in [0.1, 0.15) is 21.5 Å². The molecule has 5 heteroatoms. The Morgan fingerprint density at radius 1 is 1.24 bits per heavy atom. The van der Waals surface area contributed by atoms with Crippen LogP contribution in [0.15, 0.2) is 47.3 Å². The van der Waals surface area contributed by atoms with Crippen LogP contribution in [0.3, 0.4) is 0 Å². The molecule has 1 atom stereocenters. The van der Waals surface area contributed by atoms with E-state index in [0.29, 0.717) is 18.5 Å². The molecule has 1 N–H and O–H groups in total. The standard InChI is InChI=1S/C16H16N2O3/c1-17-15(19)14-8-11-4-2-3-5-12(11)9-18(14)16(20)13-6-7-21-10-13/h2-7,10,14H,8-9H2,1H3,(H,17,19)/t14-/m0/s1. The molecule has 0 aliphatic carbocycles. The van der Waals surface area contributed by atoms with E-state index in [1.807, 2.05) is 24.3 Å². The van der Waals surface area contributed by atoms with Crippen molar-refractivity contribution in [2.24, 2.45) is 0 Å². The molecule has 21 heavy (non-hydrogen) atoms. The average molecular weight is 284 g/mol. The van der Waals surface area contributed by atoms with Gasteiger partial charge in [-0.05, 0) is 17.2 Å². The molecule has 2 amide bonds. The van der Waals surface area contributed by atoms with Gasteiger partial charge in [0.2, 0.25) is 5.91 Å². The molecule has 2 heterocycles. The minimum Gasteiger partial charge on any atom is -0.472 e. The zero-order valence-electron chi connectivity index (χ0n) is 11.7. The van der Waals surface area contributed by atoms with E-state index in [1.165, 1.54) is 12.5 Å². The zero-order chi connectivity index (χ0) is 14.8. The van der Waals surface area contributed by atoms with E-state index in [9.17, 15) is 9.59 Å². The molecule has 0 fully saturated rings. The maximum atomic E-state index is 12.6. The first-order valence-corrected chi connectivity index (χ1v) is 6.82. The summed E-state index contributed by atoms with van der Waals surface area (Å²) in [4.78, 5) is 26.3. The molecular weight excluding hydrogens is 268 g/mol. The molecular formula is C16H16N2O3. The molecule has 2 aromatic rings. The number of amides is 2. The van der Waals surface area contributed by atoms with Gasteiger partial charge < -0.3 is 14.6 Å². The van der Waals surface area contributed by atoms with E-state index in [2.05, 4.69) is 5.32 Å². The van der Waals surface area contributed by atoms with E-state index in [0.717, 1.165) is 11.1 Å². The summed E-state index contributed by atoms with van der Waals surface area (Å²) < 4.78 is 4.97. The highest BCUT2D eigenvalue weighted by molar-refractivity contribution is 5.97. The first-order valence-electron chi connectivity index (χ1n) is 6.82. The highest BCUT2D eigenvalue weighted by Gasteiger charge is 2.34. The average Bonchev–Trinajstić information content (AvgIpc) is 3.06. The Labute approximate surface area is 122 Å². The van der Waals surface area contributed by atoms with Gasteiger partial charge in [-0.3, -0.25) is 9.59 Å². The van der Waals surface area contributed by atoms with Gasteiger partial charge in [0.15, 0.2) is 0 Å². The van der Waals surface area contributed by atoms with Gasteiger partial charge in [0, 0.05) is 20.0 Å². The third-order valence-corrected chi connectivity index (χ3v) is 3.83. The molecule has 1 aliphatic rings. The lowest BCUT2D eigenvalue weighted by molar-refractivity contribution is -0.125. The lowest BCUT2D eigenvalue weighted by Gasteiger charge is -2.35. The number of benzene rings is 1. The number of furan rings is 1. The SMILES string of the molecule is CNC(=O)[C@@H]1Cc2ccccc2CN1C(=O)c1ccoc1. The van der Waals surface area contributed by atoms with Gasteiger partial charge >= 0.3 is 0 Å². The summed E-state index contributed by atoms with van der Waals surface area (Å²) in [5.74, 6) is -0.340. The first kappa shape index (κ1) is 13.4. The summed E-state index contributed by atoms with van der Waals surface area (Å²) in [5, 5.41) is 2.64. The van der Waals surface area contributed by atoms with Crippen LogP contribution in [-0.4, -0.2) is 29.8 Å². The molecule has 1 aromatic carbocycles. The highest BCUT2D eigenvalue weighted by atomic mass is 16.3. The molecule has 0 bridgehead atoms. The van der Waals surface area contributed by atoms with Gasteiger partial charge in [-0.1, -0.05) is 24.3 Å². The summed E-state index contributed by atoms with van der Waals surface area (Å²) in [5.41, 5.74) is 2.65. The number of hydrogen-bond acceptors (Lipinski definition) is 3. The van der Waals surface area contributed by atoms with Gasteiger partial charge in [0.1, 0.15) is 12.3 Å². The number of rotatable bonds is 2. The lowest BCUT2D eigenvalue weighted by atomic mass is 9.93. The predicted molar refractivity (Wildman–Crippen MR) is 76.6 cm³/mol. The van der Waals surface area contributed by atoms with Crippen molar-refractivity contribution in [2.75, 3.05) is 7.05 Å². The van der Waals surface area contributed by atoms with E-state index < -0.39 is 6.04 Å². The smallest absolute Gasteiger partial charge is 0.258 e. The van der Waals surface area contributed by atoms with Crippen LogP contribution in [-0.2, 0) is 17.8 Å². The number of nitrogens with one attached hydrogen (secondary N) is 1. The van der Waals surface area contributed by atoms with Crippen LogP contribution < -0.4 is 5.32 Å². The molecule has 0 unspecified atom stereocenters. The second-order valence-electron chi connectivity index (χ2n) is 5.05. The van der Waals surface area contributed by atoms with E-state index in [-0.39, 0.29) is 11.8 Å². The summed E-state index contributed by atoms with van der Waals surface area (Å²) >= 11 is 0. The number of carbonyl (C=O) groups is 2. The minimum absolute atomic E-state index is 0.152. The maximum absolute atomic E-state index is 12.6. The fourth-order valence-electron chi connectivity index (χ4n) is 2.69. The maximum Gasteiger partial charge on any atom is 0.258 e. The lowest BCUT2D eigenvalue weighted by Crippen LogP contribution is -2.51. The number of fused-ring (bicyclic) bond motifs is 1. The molecule has 5 nitrogen and oxygen atoms in total. The van der Waals surface area contributed by atoms with Gasteiger partial charge in [-0.2, -0.15) is 0 Å². The number of hydrogen-bond donors (Lipinski definition) is 1. The normalized spacial score (nSPS) is 17.2. The van der Waals surface area contributed by atoms with Crippen molar-refractivity contribution < 1.29 is 14.0 Å². The molecule has 3 rings (SSSR count). The molecule has 0 radical (unpaired) electrons. The Balaban J connectivity index is 1.96. The quantitative estimate of drug-likeness (QED) is 0.911. The Kier molecular flexibility index (Phi) is 3.48. The Hall–Kier alpha value is -2.56. The summed E-state index contributed by atoms with van der Waals surface area (Å²) in [6.45, 7) is 0.429. The molecule has 108 valence electrons. The third kappa shape index (κ3) is 2.42. The van der Waals surface area contributed by atoms with Gasteiger partial charge in [0.25, 0.3) is 5.91 Å². The largest absolute Gasteiger partial charge is 0.472 e. The zero-order valence-corrected chi connectivity index (χ0v) is 11.7. The van der Waals surface area contributed by atoms with Crippen LogP contribution in [0.25, 0.3) is 0 Å². The van der Waals surface area contributed by atoms with Gasteiger partial charge in [-0.15, -0.1) is 0 Å². The third-order valence-electron chi connectivity index (χ3n) is 3.83. The molecule has 1 aromatic heterocycles. The molecule has 0 saturated heterocycles. The van der Waals surface area contributed by atoms with Crippen molar-refractivity contribution in [1.82, 2.24) is 10.2 Å². The van der Waals surface area contributed by atoms with Crippen LogP contribution in [0.4, 0.5) is 0 Å². The second-order valence-corrected chi connectivity index (χ2v) is 5.05. The monoisotopic (exact) mass is 284 g/mol. The van der Waals surface area contributed by atoms with Crippen molar-refractivity contribution in [3.05, 3.63) is 59.5 Å². The van der Waals surface area contributed by atoms with E-state index >= 15 is 0 Å². The van der Waals surface area contributed by atoms with Crippen molar-refractivity contribution in [3.63, 3.8) is 0 Å². The fourth-order valence-corrected chi connectivity index (χ4v) is 2.69. The number of carbonyl (C=O) groups excluding carboxylic acids is 2. The highest BCUT2D eigenvalue weighted by Crippen LogP contribution is 2.25. The Bertz CT molecular complexity index is 664. The summed E-state index contributed by atoms with van der Waals surface area (Å²) in [6, 6.07) is 9.01.